The highest BCUT2D eigenvalue weighted by atomic mass is 32.2. The van der Waals surface area contributed by atoms with Crippen LogP contribution in [0.2, 0.25) is 0 Å². The summed E-state index contributed by atoms with van der Waals surface area (Å²) in [6, 6.07) is 4.73. The largest absolute Gasteiger partial charge is 0.497 e. The van der Waals surface area contributed by atoms with Crippen LogP contribution in [0, 0.1) is 13.8 Å². The van der Waals surface area contributed by atoms with E-state index in [2.05, 4.69) is 9.71 Å². The second-order valence-electron chi connectivity index (χ2n) is 5.11. The number of aryl methyl sites for hydroxylation is 2. The minimum Gasteiger partial charge on any atom is -0.497 e. The van der Waals surface area contributed by atoms with E-state index < -0.39 is 16.0 Å². The Hall–Kier alpha value is -1.97. The Labute approximate surface area is 144 Å². The maximum absolute atomic E-state index is 12.4. The number of thiazole rings is 1. The fourth-order valence-electron chi connectivity index (χ4n) is 2.18. The van der Waals surface area contributed by atoms with Gasteiger partial charge < -0.3 is 9.84 Å². The molecule has 0 saturated heterocycles. The number of nitrogens with one attached hydrogen (secondary N) is 1. The van der Waals surface area contributed by atoms with Crippen LogP contribution < -0.4 is 9.46 Å². The van der Waals surface area contributed by atoms with Gasteiger partial charge in [0.25, 0.3) is 0 Å². The number of hydrogen-bond acceptors (Lipinski definition) is 6. The summed E-state index contributed by atoms with van der Waals surface area (Å²) in [7, 11) is -2.13. The summed E-state index contributed by atoms with van der Waals surface area (Å²) in [6.45, 7) is 3.45. The lowest BCUT2D eigenvalue weighted by Gasteiger charge is -2.10. The lowest BCUT2D eigenvalue weighted by molar-refractivity contribution is 0.0701. The number of sulfonamides is 1. The number of hydrogen-bond donors (Lipinski definition) is 2. The Morgan fingerprint density at radius 1 is 1.38 bits per heavy atom. The third kappa shape index (κ3) is 4.11. The van der Waals surface area contributed by atoms with Crippen LogP contribution in [-0.2, 0) is 16.4 Å². The first-order chi connectivity index (χ1) is 11.2. The minimum absolute atomic E-state index is 0.139. The van der Waals surface area contributed by atoms with Crippen LogP contribution in [0.15, 0.2) is 23.1 Å². The number of carboxylic acids is 1. The van der Waals surface area contributed by atoms with Crippen LogP contribution in [0.4, 0.5) is 0 Å². The van der Waals surface area contributed by atoms with Crippen molar-refractivity contribution in [1.82, 2.24) is 9.71 Å². The van der Waals surface area contributed by atoms with E-state index in [0.29, 0.717) is 28.4 Å². The summed E-state index contributed by atoms with van der Waals surface area (Å²) in [5.41, 5.74) is 1.02. The summed E-state index contributed by atoms with van der Waals surface area (Å²) in [5, 5.41) is 9.59. The van der Waals surface area contributed by atoms with Gasteiger partial charge in [-0.15, -0.1) is 11.3 Å². The zero-order chi connectivity index (χ0) is 17.9. The Bertz CT molecular complexity index is 859. The fraction of sp³-hybridized carbons (Fsp3) is 0.333. The molecule has 2 rings (SSSR count). The molecule has 0 unspecified atom stereocenters. The van der Waals surface area contributed by atoms with E-state index >= 15 is 0 Å². The number of methoxy groups -OCH3 is 1. The molecule has 9 heteroatoms. The van der Waals surface area contributed by atoms with Crippen LogP contribution in [0.5, 0.6) is 5.75 Å². The molecule has 130 valence electrons. The number of carboxylic acid groups (broad SMARTS) is 1. The third-order valence-electron chi connectivity index (χ3n) is 3.34. The highest BCUT2D eigenvalue weighted by molar-refractivity contribution is 7.89. The summed E-state index contributed by atoms with van der Waals surface area (Å²) in [5.74, 6) is -0.434. The molecule has 0 aliphatic carbocycles. The molecule has 1 heterocycles. The van der Waals surface area contributed by atoms with Gasteiger partial charge in [-0.2, -0.15) is 0 Å². The van der Waals surface area contributed by atoms with Gasteiger partial charge >= 0.3 is 5.97 Å². The van der Waals surface area contributed by atoms with Crippen molar-refractivity contribution in [1.29, 1.82) is 0 Å². The number of aromatic nitrogens is 1. The number of nitrogens with zero attached hydrogens (tertiary/aromatic N) is 1. The van der Waals surface area contributed by atoms with Crippen molar-refractivity contribution in [2.45, 2.75) is 25.2 Å². The van der Waals surface area contributed by atoms with Gasteiger partial charge in [-0.05, 0) is 37.6 Å². The predicted molar refractivity (Wildman–Crippen MR) is 90.4 cm³/mol. The molecule has 1 aromatic heterocycles. The van der Waals surface area contributed by atoms with Gasteiger partial charge in [-0.1, -0.05) is 0 Å². The third-order valence-corrected chi connectivity index (χ3v) is 6.16. The lowest BCUT2D eigenvalue weighted by Crippen LogP contribution is -2.26. The molecule has 0 saturated carbocycles. The second-order valence-corrected chi connectivity index (χ2v) is 7.93. The van der Waals surface area contributed by atoms with Gasteiger partial charge in [0.2, 0.25) is 10.0 Å². The van der Waals surface area contributed by atoms with Crippen molar-refractivity contribution < 1.29 is 23.1 Å². The van der Waals surface area contributed by atoms with E-state index in [1.165, 1.54) is 13.2 Å². The molecule has 2 N–H and O–H groups in total. The van der Waals surface area contributed by atoms with Crippen molar-refractivity contribution in [3.63, 3.8) is 0 Å². The average Bonchev–Trinajstić information content (AvgIpc) is 2.87. The van der Waals surface area contributed by atoms with Crippen LogP contribution in [0.3, 0.4) is 0 Å². The Morgan fingerprint density at radius 2 is 2.08 bits per heavy atom. The van der Waals surface area contributed by atoms with E-state index in [4.69, 9.17) is 9.84 Å². The van der Waals surface area contributed by atoms with Gasteiger partial charge in [-0.25, -0.2) is 22.9 Å². The average molecular weight is 370 g/mol. The molecule has 0 amide bonds. The SMILES string of the molecule is COc1ccc(S(=O)(=O)NCCc2nc(C)c(C(=O)O)s2)c(C)c1. The Balaban J connectivity index is 2.05. The monoisotopic (exact) mass is 370 g/mol. The molecule has 2 aromatic rings. The van der Waals surface area contributed by atoms with Gasteiger partial charge in [-0.3, -0.25) is 0 Å². The molecule has 0 radical (unpaired) electrons. The zero-order valence-corrected chi connectivity index (χ0v) is 15.1. The molecular weight excluding hydrogens is 352 g/mol. The molecule has 24 heavy (non-hydrogen) atoms. The molecule has 7 nitrogen and oxygen atoms in total. The molecular formula is C15H18N2O5S2. The number of rotatable bonds is 7. The fourth-order valence-corrected chi connectivity index (χ4v) is 4.34. The van der Waals surface area contributed by atoms with Gasteiger partial charge in [0.1, 0.15) is 10.6 Å². The van der Waals surface area contributed by atoms with E-state index in [1.54, 1.807) is 26.0 Å². The molecule has 0 bridgehead atoms. The molecule has 0 aliphatic heterocycles. The van der Waals surface area contributed by atoms with E-state index in [-0.39, 0.29) is 16.3 Å². The number of carbonyl (C=O) groups is 1. The van der Waals surface area contributed by atoms with Crippen LogP contribution in [-0.4, -0.2) is 38.1 Å². The Kier molecular flexibility index (Phi) is 5.58. The maximum Gasteiger partial charge on any atom is 0.347 e. The topological polar surface area (TPSA) is 106 Å². The van der Waals surface area contributed by atoms with E-state index in [1.807, 2.05) is 0 Å². The van der Waals surface area contributed by atoms with Crippen molar-refractivity contribution in [2.75, 3.05) is 13.7 Å². The first-order valence-electron chi connectivity index (χ1n) is 7.08. The maximum atomic E-state index is 12.4. The number of ether oxygens (including phenoxy) is 1. The van der Waals surface area contributed by atoms with Gasteiger partial charge in [0.05, 0.1) is 22.7 Å². The van der Waals surface area contributed by atoms with Crippen molar-refractivity contribution in [3.8, 4) is 5.75 Å². The van der Waals surface area contributed by atoms with E-state index in [9.17, 15) is 13.2 Å². The predicted octanol–water partition coefficient (Wildman–Crippen LogP) is 1.99. The summed E-state index contributed by atoms with van der Waals surface area (Å²) >= 11 is 1.06. The van der Waals surface area contributed by atoms with Crippen LogP contribution in [0.1, 0.15) is 25.9 Å². The Morgan fingerprint density at radius 3 is 2.62 bits per heavy atom. The van der Waals surface area contributed by atoms with Crippen LogP contribution >= 0.6 is 11.3 Å². The van der Waals surface area contributed by atoms with Crippen molar-refractivity contribution >= 4 is 27.3 Å². The molecule has 0 atom stereocenters. The smallest absolute Gasteiger partial charge is 0.347 e. The number of benzene rings is 1. The lowest BCUT2D eigenvalue weighted by atomic mass is 10.2. The minimum atomic E-state index is -3.65. The van der Waals surface area contributed by atoms with Crippen molar-refractivity contribution in [2.24, 2.45) is 0 Å². The summed E-state index contributed by atoms with van der Waals surface area (Å²) < 4.78 is 32.3. The molecule has 0 spiro atoms. The van der Waals surface area contributed by atoms with Gasteiger partial charge in [0.15, 0.2) is 0 Å². The molecule has 0 fully saturated rings. The quantitative estimate of drug-likeness (QED) is 0.772. The van der Waals surface area contributed by atoms with Crippen molar-refractivity contribution in [3.05, 3.63) is 39.3 Å². The molecule has 0 aliphatic rings. The first-order valence-corrected chi connectivity index (χ1v) is 9.38. The first kappa shape index (κ1) is 18.4. The summed E-state index contributed by atoms with van der Waals surface area (Å²) in [6.07, 6.45) is 0.327. The zero-order valence-electron chi connectivity index (χ0n) is 13.5. The highest BCUT2D eigenvalue weighted by Crippen LogP contribution is 2.21. The van der Waals surface area contributed by atoms with E-state index in [0.717, 1.165) is 11.3 Å². The second kappa shape index (κ2) is 7.29. The van der Waals surface area contributed by atoms with Crippen LogP contribution in [0.25, 0.3) is 0 Å². The van der Waals surface area contributed by atoms with Gasteiger partial charge in [0, 0.05) is 13.0 Å². The highest BCUT2D eigenvalue weighted by Gasteiger charge is 2.18. The standard InChI is InChI=1S/C15H18N2O5S2/c1-9-8-11(22-3)4-5-12(9)24(20,21)16-7-6-13-17-10(2)14(23-13)15(18)19/h4-5,8,16H,6-7H2,1-3H3,(H,18,19). The summed E-state index contributed by atoms with van der Waals surface area (Å²) in [4.78, 5) is 15.5. The number of aromatic carboxylic acids is 1. The molecule has 1 aromatic carbocycles. The normalized spacial score (nSPS) is 11.5.